The maximum Gasteiger partial charge on any atom is 0.416 e. The van der Waals surface area contributed by atoms with Gasteiger partial charge in [-0.3, -0.25) is 11.3 Å². The van der Waals surface area contributed by atoms with Crippen LogP contribution in [0.15, 0.2) is 29.4 Å². The Bertz CT molecular complexity index is 322. The molecule has 0 aliphatic rings. The van der Waals surface area contributed by atoms with Crippen LogP contribution in [0.4, 0.5) is 13.2 Å². The topological polar surface area (TPSA) is 70.6 Å². The summed E-state index contributed by atoms with van der Waals surface area (Å²) in [5.74, 6) is 4.60. The summed E-state index contributed by atoms with van der Waals surface area (Å²) in [6, 6.07) is 4.30. The summed E-state index contributed by atoms with van der Waals surface area (Å²) in [5, 5.41) is 10.8. The zero-order valence-electron chi connectivity index (χ0n) is 8.49. The third-order valence-electron chi connectivity index (χ3n) is 1.44. The highest BCUT2D eigenvalue weighted by Gasteiger charge is 2.29. The summed E-state index contributed by atoms with van der Waals surface area (Å²) in [4.78, 5) is 0. The molecule has 90 valence electrons. The van der Waals surface area contributed by atoms with Crippen LogP contribution in [0.2, 0.25) is 0 Å². The Labute approximate surface area is 90.5 Å². The summed E-state index contributed by atoms with van der Waals surface area (Å²) in [6.07, 6.45) is -3.27. The van der Waals surface area contributed by atoms with Gasteiger partial charge < -0.3 is 5.21 Å². The predicted molar refractivity (Wildman–Crippen MR) is 54.1 cm³/mol. The Morgan fingerprint density at radius 1 is 1.31 bits per heavy atom. The lowest BCUT2D eigenvalue weighted by atomic mass is 10.1. The first-order chi connectivity index (χ1) is 7.45. The molecule has 0 aliphatic heterocycles. The molecule has 0 atom stereocenters. The van der Waals surface area contributed by atoms with Gasteiger partial charge in [0, 0.05) is 0 Å². The van der Waals surface area contributed by atoms with Crippen LogP contribution in [0.3, 0.4) is 0 Å². The van der Waals surface area contributed by atoms with E-state index in [0.717, 1.165) is 18.3 Å². The fourth-order valence-corrected chi connectivity index (χ4v) is 0.825. The van der Waals surface area contributed by atoms with E-state index in [4.69, 9.17) is 5.21 Å². The average Bonchev–Trinajstić information content (AvgIpc) is 2.19. The molecule has 0 bridgehead atoms. The highest BCUT2D eigenvalue weighted by atomic mass is 19.4. The van der Waals surface area contributed by atoms with Crippen molar-refractivity contribution in [3.05, 3.63) is 35.4 Å². The predicted octanol–water partition coefficient (Wildman–Crippen LogP) is 1.59. The van der Waals surface area contributed by atoms with Crippen molar-refractivity contribution in [3.8, 4) is 0 Å². The van der Waals surface area contributed by atoms with Crippen LogP contribution in [0.5, 0.6) is 0 Å². The molecule has 1 aromatic rings. The lowest BCUT2D eigenvalue weighted by molar-refractivity contribution is -0.137. The Morgan fingerprint density at radius 3 is 2.06 bits per heavy atom. The Kier molecular flexibility index (Phi) is 6.12. The van der Waals surface area contributed by atoms with E-state index in [1.165, 1.54) is 12.1 Å². The largest absolute Gasteiger partial charge is 0.416 e. The van der Waals surface area contributed by atoms with Gasteiger partial charge in [-0.15, -0.1) is 0 Å². The zero-order chi connectivity index (χ0) is 12.6. The summed E-state index contributed by atoms with van der Waals surface area (Å²) in [7, 11) is 1.65. The highest BCUT2D eigenvalue weighted by Crippen LogP contribution is 2.28. The van der Waals surface area contributed by atoms with Gasteiger partial charge in [0.05, 0.1) is 11.8 Å². The maximum atomic E-state index is 12.0. The molecule has 16 heavy (non-hydrogen) atoms. The molecule has 0 radical (unpaired) electrons. The van der Waals surface area contributed by atoms with E-state index in [1.807, 2.05) is 0 Å². The van der Waals surface area contributed by atoms with Crippen molar-refractivity contribution >= 4 is 6.21 Å². The molecule has 0 saturated carbocycles. The minimum atomic E-state index is -4.32. The number of nitrogens with one attached hydrogen (secondary N) is 1. The molecule has 7 heteroatoms. The summed E-state index contributed by atoms with van der Waals surface area (Å²) in [6.45, 7) is 0. The smallest absolute Gasteiger partial charge is 0.411 e. The maximum absolute atomic E-state index is 12.0. The first-order valence-electron chi connectivity index (χ1n) is 4.17. The first kappa shape index (κ1) is 14.4. The van der Waals surface area contributed by atoms with Crippen molar-refractivity contribution in [2.45, 2.75) is 6.18 Å². The average molecular weight is 235 g/mol. The number of halogens is 3. The van der Waals surface area contributed by atoms with Crippen LogP contribution in [0.1, 0.15) is 11.1 Å². The van der Waals surface area contributed by atoms with Crippen molar-refractivity contribution < 1.29 is 18.4 Å². The lowest BCUT2D eigenvalue weighted by Crippen LogP contribution is -2.13. The van der Waals surface area contributed by atoms with Crippen molar-refractivity contribution in [1.29, 1.82) is 0 Å². The van der Waals surface area contributed by atoms with Crippen LogP contribution in [-0.2, 0) is 6.18 Å². The van der Waals surface area contributed by atoms with Crippen molar-refractivity contribution in [2.75, 3.05) is 7.05 Å². The third-order valence-corrected chi connectivity index (χ3v) is 1.44. The number of nitrogens with zero attached hydrogens (tertiary/aromatic N) is 1. The molecule has 4 nitrogen and oxygen atoms in total. The minimum Gasteiger partial charge on any atom is -0.411 e. The summed E-state index contributed by atoms with van der Waals surface area (Å²) >= 11 is 0. The van der Waals surface area contributed by atoms with Crippen LogP contribution in [0, 0.1) is 0 Å². The number of nitrogens with two attached hydrogens (primary N) is 1. The highest BCUT2D eigenvalue weighted by molar-refractivity contribution is 5.78. The van der Waals surface area contributed by atoms with Gasteiger partial charge in [-0.2, -0.15) is 13.2 Å². The molecular weight excluding hydrogens is 223 g/mol. The van der Waals surface area contributed by atoms with Crippen molar-refractivity contribution in [2.24, 2.45) is 11.0 Å². The molecule has 0 heterocycles. The Morgan fingerprint density at radius 2 is 1.75 bits per heavy atom. The van der Waals surface area contributed by atoms with E-state index in [1.54, 1.807) is 7.05 Å². The van der Waals surface area contributed by atoms with E-state index in [9.17, 15) is 13.2 Å². The molecule has 1 rings (SSSR count). The Hall–Kier alpha value is -1.60. The number of hydrazine groups is 1. The van der Waals surface area contributed by atoms with Gasteiger partial charge in [-0.1, -0.05) is 17.3 Å². The number of benzene rings is 1. The van der Waals surface area contributed by atoms with E-state index >= 15 is 0 Å². The van der Waals surface area contributed by atoms with E-state index in [2.05, 4.69) is 16.4 Å². The van der Waals surface area contributed by atoms with Gasteiger partial charge in [0.15, 0.2) is 0 Å². The molecule has 0 aromatic heterocycles. The van der Waals surface area contributed by atoms with Crippen molar-refractivity contribution in [3.63, 3.8) is 0 Å². The second-order valence-corrected chi connectivity index (χ2v) is 2.65. The first-order valence-corrected chi connectivity index (χ1v) is 4.17. The molecule has 0 amide bonds. The van der Waals surface area contributed by atoms with Crippen molar-refractivity contribution in [1.82, 2.24) is 5.43 Å². The Balaban J connectivity index is 0.000000673. The summed E-state index contributed by atoms with van der Waals surface area (Å²) < 4.78 is 36.1. The fourth-order valence-electron chi connectivity index (χ4n) is 0.825. The number of rotatable bonds is 1. The SMILES string of the molecule is CNN.ON=Cc1ccc(C(F)(F)F)cc1. The molecule has 0 spiro atoms. The molecule has 0 unspecified atom stereocenters. The van der Waals surface area contributed by atoms with Gasteiger partial charge in [-0.25, -0.2) is 0 Å². The summed E-state index contributed by atoms with van der Waals surface area (Å²) in [5.41, 5.74) is 1.94. The standard InChI is InChI=1S/C8H6F3NO.CH6N2/c9-8(10,11)7-3-1-6(2-4-7)5-12-13;1-3-2/h1-5,13H;3H,2H2,1H3. The fraction of sp³-hybridized carbons (Fsp3) is 0.222. The van der Waals surface area contributed by atoms with Crippen LogP contribution in [-0.4, -0.2) is 18.5 Å². The number of hydrogen-bond donors (Lipinski definition) is 3. The number of alkyl halides is 3. The van der Waals surface area contributed by atoms with E-state index < -0.39 is 11.7 Å². The molecule has 1 aromatic carbocycles. The van der Waals surface area contributed by atoms with Gasteiger partial charge in [-0.05, 0) is 24.7 Å². The minimum absolute atomic E-state index is 0.413. The lowest BCUT2D eigenvalue weighted by Gasteiger charge is -2.05. The third kappa shape index (κ3) is 5.32. The van der Waals surface area contributed by atoms with Gasteiger partial charge >= 0.3 is 6.18 Å². The van der Waals surface area contributed by atoms with Crippen LogP contribution >= 0.6 is 0 Å². The zero-order valence-corrected chi connectivity index (χ0v) is 8.49. The molecule has 0 fully saturated rings. The van der Waals surface area contributed by atoms with E-state index in [0.29, 0.717) is 5.56 Å². The normalized spacial score (nSPS) is 11.1. The molecule has 0 aliphatic carbocycles. The number of hydrogen-bond acceptors (Lipinski definition) is 4. The van der Waals surface area contributed by atoms with Crippen LogP contribution in [0.25, 0.3) is 0 Å². The number of oxime groups is 1. The second-order valence-electron chi connectivity index (χ2n) is 2.65. The molecule has 4 N–H and O–H groups in total. The van der Waals surface area contributed by atoms with Gasteiger partial charge in [0.2, 0.25) is 0 Å². The molecular formula is C9H12F3N3O. The van der Waals surface area contributed by atoms with E-state index in [-0.39, 0.29) is 0 Å². The molecule has 0 saturated heterocycles. The van der Waals surface area contributed by atoms with Crippen LogP contribution < -0.4 is 11.3 Å². The van der Waals surface area contributed by atoms with Gasteiger partial charge in [0.25, 0.3) is 0 Å². The quantitative estimate of drug-likeness (QED) is 0.299. The van der Waals surface area contributed by atoms with Gasteiger partial charge in [0.1, 0.15) is 0 Å². The second kappa shape index (κ2) is 6.81. The monoisotopic (exact) mass is 235 g/mol.